The molecule has 0 spiro atoms. The van der Waals surface area contributed by atoms with E-state index in [0.717, 1.165) is 26.7 Å². The molecule has 0 atom stereocenters. The average Bonchev–Trinajstić information content (AvgIpc) is 3.17. The maximum Gasteiger partial charge on any atom is 0.341 e. The highest BCUT2D eigenvalue weighted by Gasteiger charge is 2.47. The first kappa shape index (κ1) is 24.9. The third kappa shape index (κ3) is 3.79. The first-order chi connectivity index (χ1) is 17.7. The van der Waals surface area contributed by atoms with Crippen molar-refractivity contribution in [2.24, 2.45) is 0 Å². The fourth-order valence-electron chi connectivity index (χ4n) is 5.16. The number of benzene rings is 4. The Morgan fingerprint density at radius 1 is 0.730 bits per heavy atom. The summed E-state index contributed by atoms with van der Waals surface area (Å²) in [5.41, 5.74) is 3.85. The number of thiol groups is 1. The predicted octanol–water partition coefficient (Wildman–Crippen LogP) is 6.09. The molecular weight excluding hydrogens is 556 g/mol. The van der Waals surface area contributed by atoms with Crippen molar-refractivity contribution in [3.8, 4) is 22.6 Å². The maximum atomic E-state index is 12.6. The summed E-state index contributed by atoms with van der Waals surface area (Å²) in [5.74, 6) is -1.82. The van der Waals surface area contributed by atoms with Crippen LogP contribution in [0.5, 0.6) is 11.5 Å². The molecule has 8 heteroatoms. The average molecular weight is 577 g/mol. The van der Waals surface area contributed by atoms with E-state index in [1.165, 1.54) is 26.4 Å². The molecule has 1 aliphatic rings. The second-order valence-corrected chi connectivity index (χ2v) is 10.0. The molecule has 0 aromatic heterocycles. The molecule has 4 aromatic rings. The molecule has 0 radical (unpaired) electrons. The van der Waals surface area contributed by atoms with Crippen LogP contribution in [0.25, 0.3) is 11.1 Å². The van der Waals surface area contributed by atoms with Crippen LogP contribution in [-0.2, 0) is 14.9 Å². The minimum absolute atomic E-state index is 0.00151. The Morgan fingerprint density at radius 3 is 1.73 bits per heavy atom. The van der Waals surface area contributed by atoms with Crippen LogP contribution in [-0.4, -0.2) is 36.4 Å². The van der Waals surface area contributed by atoms with Crippen LogP contribution in [0, 0.1) is 0 Å². The van der Waals surface area contributed by atoms with Gasteiger partial charge in [-0.1, -0.05) is 40.2 Å². The Balaban J connectivity index is 1.97. The van der Waals surface area contributed by atoms with E-state index in [9.17, 15) is 19.8 Å². The summed E-state index contributed by atoms with van der Waals surface area (Å²) >= 11 is 8.21. The fourth-order valence-corrected chi connectivity index (χ4v) is 5.72. The summed E-state index contributed by atoms with van der Waals surface area (Å²) in [6.45, 7) is 0. The Labute approximate surface area is 227 Å². The van der Waals surface area contributed by atoms with Gasteiger partial charge < -0.3 is 19.7 Å². The van der Waals surface area contributed by atoms with Gasteiger partial charge in [0.25, 0.3) is 0 Å². The zero-order valence-electron chi connectivity index (χ0n) is 19.8. The highest BCUT2D eigenvalue weighted by Crippen LogP contribution is 2.57. The minimum atomic E-state index is -1.06. The van der Waals surface area contributed by atoms with Crippen LogP contribution in [0.15, 0.2) is 82.2 Å². The molecule has 37 heavy (non-hydrogen) atoms. The summed E-state index contributed by atoms with van der Waals surface area (Å²) in [4.78, 5) is 25.9. The summed E-state index contributed by atoms with van der Waals surface area (Å²) in [6.07, 6.45) is 0. The summed E-state index contributed by atoms with van der Waals surface area (Å²) in [5, 5.41) is 21.0. The van der Waals surface area contributed by atoms with Gasteiger partial charge in [-0.3, -0.25) is 0 Å². The Hall–Kier alpha value is -3.75. The molecule has 0 unspecified atom stereocenters. The number of hydrogen-bond donors (Lipinski definition) is 3. The summed E-state index contributed by atoms with van der Waals surface area (Å²) < 4.78 is 10.7. The molecule has 0 amide bonds. The number of rotatable bonds is 4. The fraction of sp³-hybridized carbons (Fsp3) is 0.103. The van der Waals surface area contributed by atoms with Crippen molar-refractivity contribution in [2.75, 3.05) is 14.2 Å². The predicted molar refractivity (Wildman–Crippen MR) is 145 cm³/mol. The van der Waals surface area contributed by atoms with Gasteiger partial charge >= 0.3 is 11.9 Å². The maximum absolute atomic E-state index is 12.6. The van der Waals surface area contributed by atoms with Gasteiger partial charge in [0.2, 0.25) is 0 Å². The van der Waals surface area contributed by atoms with Crippen LogP contribution < -0.4 is 0 Å². The third-order valence-corrected chi connectivity index (χ3v) is 7.52. The van der Waals surface area contributed by atoms with Crippen molar-refractivity contribution in [1.29, 1.82) is 0 Å². The van der Waals surface area contributed by atoms with Gasteiger partial charge in [0.1, 0.15) is 22.6 Å². The number of phenolic OH excluding ortho intramolecular Hbond substituents is 2. The second kappa shape index (κ2) is 9.28. The zero-order valence-corrected chi connectivity index (χ0v) is 22.3. The number of carbonyl (C=O) groups is 2. The van der Waals surface area contributed by atoms with Gasteiger partial charge in [-0.2, -0.15) is 0 Å². The number of halogens is 1. The van der Waals surface area contributed by atoms with E-state index in [4.69, 9.17) is 9.47 Å². The number of carbonyl (C=O) groups excluding carboxylic acids is 2. The molecule has 186 valence electrons. The zero-order chi connectivity index (χ0) is 26.5. The van der Waals surface area contributed by atoms with E-state index in [2.05, 4.69) is 28.6 Å². The van der Waals surface area contributed by atoms with E-state index in [1.54, 1.807) is 24.3 Å². The quantitative estimate of drug-likeness (QED) is 0.177. The van der Waals surface area contributed by atoms with Gasteiger partial charge in [-0.25, -0.2) is 9.59 Å². The summed E-state index contributed by atoms with van der Waals surface area (Å²) in [7, 11) is 2.49. The largest absolute Gasteiger partial charge is 0.507 e. The van der Waals surface area contributed by atoms with E-state index in [-0.39, 0.29) is 22.6 Å². The number of esters is 2. The van der Waals surface area contributed by atoms with Crippen molar-refractivity contribution in [3.63, 3.8) is 0 Å². The molecule has 0 saturated heterocycles. The van der Waals surface area contributed by atoms with E-state index >= 15 is 0 Å². The van der Waals surface area contributed by atoms with Crippen LogP contribution in [0.1, 0.15) is 43.0 Å². The second-order valence-electron chi connectivity index (χ2n) is 8.62. The minimum Gasteiger partial charge on any atom is -0.507 e. The highest BCUT2D eigenvalue weighted by atomic mass is 79.9. The molecule has 0 saturated carbocycles. The van der Waals surface area contributed by atoms with Gasteiger partial charge in [0.05, 0.1) is 19.6 Å². The lowest BCUT2D eigenvalue weighted by molar-refractivity contribution is 0.0588. The number of fused-ring (bicyclic) bond motifs is 3. The smallest absolute Gasteiger partial charge is 0.341 e. The third-order valence-electron chi connectivity index (χ3n) is 6.75. The van der Waals surface area contributed by atoms with Crippen molar-refractivity contribution in [1.82, 2.24) is 0 Å². The molecule has 0 heterocycles. The standard InChI is InChI=1S/C29H21BrO6S/c1-35-27(33)21-11-15(3-9-25(21)31)29(16-4-10-26(32)22(12-16)28(34)36-2)23-13-17(30)5-7-19(23)20-8-6-18(37)14-24(20)29/h3-14,31-32,37H,1-2H3. The highest BCUT2D eigenvalue weighted by molar-refractivity contribution is 9.10. The Bertz CT molecular complexity index is 1480. The molecule has 0 bridgehead atoms. The van der Waals surface area contributed by atoms with Crippen LogP contribution in [0.4, 0.5) is 0 Å². The van der Waals surface area contributed by atoms with Gasteiger partial charge in [-0.15, -0.1) is 12.6 Å². The van der Waals surface area contributed by atoms with Gasteiger partial charge in [-0.05, 0) is 81.9 Å². The Morgan fingerprint density at radius 2 is 1.22 bits per heavy atom. The van der Waals surface area contributed by atoms with Crippen LogP contribution >= 0.6 is 28.6 Å². The number of ether oxygens (including phenoxy) is 2. The topological polar surface area (TPSA) is 93.1 Å². The van der Waals surface area contributed by atoms with Gasteiger partial charge in [0.15, 0.2) is 0 Å². The number of aromatic hydroxyl groups is 2. The number of methoxy groups -OCH3 is 2. The van der Waals surface area contributed by atoms with E-state index in [0.29, 0.717) is 16.0 Å². The van der Waals surface area contributed by atoms with Crippen molar-refractivity contribution >= 4 is 40.5 Å². The molecule has 1 aliphatic carbocycles. The molecule has 2 N–H and O–H groups in total. The first-order valence-electron chi connectivity index (χ1n) is 11.2. The lowest BCUT2D eigenvalue weighted by atomic mass is 9.67. The van der Waals surface area contributed by atoms with Crippen molar-refractivity contribution in [3.05, 3.63) is 111 Å². The van der Waals surface area contributed by atoms with Crippen molar-refractivity contribution in [2.45, 2.75) is 10.3 Å². The monoisotopic (exact) mass is 576 g/mol. The molecular formula is C29H21BrO6S. The van der Waals surface area contributed by atoms with E-state index in [1.807, 2.05) is 36.4 Å². The molecule has 5 rings (SSSR count). The first-order valence-corrected chi connectivity index (χ1v) is 12.4. The number of hydrogen-bond acceptors (Lipinski definition) is 7. The van der Waals surface area contributed by atoms with Crippen LogP contribution in [0.3, 0.4) is 0 Å². The summed E-state index contributed by atoms with van der Waals surface area (Å²) in [6, 6.07) is 21.3. The van der Waals surface area contributed by atoms with Crippen LogP contribution in [0.2, 0.25) is 0 Å². The Kier molecular flexibility index (Phi) is 6.25. The van der Waals surface area contributed by atoms with E-state index < -0.39 is 17.4 Å². The van der Waals surface area contributed by atoms with Gasteiger partial charge in [0, 0.05) is 9.37 Å². The SMILES string of the molecule is COC(=O)c1cc(C2(c3ccc(O)c(C(=O)OC)c3)c3cc(S)ccc3-c3ccc(Br)cc32)ccc1O. The number of phenols is 2. The van der Waals surface area contributed by atoms with Crippen molar-refractivity contribution < 1.29 is 29.3 Å². The normalized spacial score (nSPS) is 13.0. The molecule has 0 aliphatic heterocycles. The molecule has 6 nitrogen and oxygen atoms in total. The lowest BCUT2D eigenvalue weighted by Crippen LogP contribution is -2.29. The molecule has 0 fully saturated rings. The lowest BCUT2D eigenvalue weighted by Gasteiger charge is -2.34. The molecule has 4 aromatic carbocycles.